The maximum absolute atomic E-state index is 2.45. The molecule has 6 heteroatoms. The number of hydrogen-bond acceptors (Lipinski definition) is 0. The van der Waals surface area contributed by atoms with Crippen LogP contribution >= 0.6 is 0 Å². The minimum Gasteiger partial charge on any atom is -0.309 e. The predicted molar refractivity (Wildman–Crippen MR) is 585 cm³/mol. The Bertz CT molecular complexity index is 9720. The number of benzene rings is 22. The Morgan fingerprint density at radius 2 is 0.331 bits per heavy atom. The molecule has 0 radical (unpaired) electrons. The molecule has 0 spiro atoms. The average Bonchev–Trinajstić information content (AvgIpc) is 1.66. The molecule has 2 aliphatic rings. The fourth-order valence-electron chi connectivity index (χ4n) is 23.2. The van der Waals surface area contributed by atoms with Gasteiger partial charge in [-0.25, -0.2) is 0 Å². The van der Waals surface area contributed by atoms with E-state index in [9.17, 15) is 0 Å². The first-order valence-corrected chi connectivity index (χ1v) is 48.1. The molecule has 0 aliphatic heterocycles. The molecular weight excluding hydrogens is 1680 g/mol. The van der Waals surface area contributed by atoms with E-state index >= 15 is 0 Å². The Morgan fingerprint density at radius 3 is 0.676 bits per heavy atom. The van der Waals surface area contributed by atoms with Crippen molar-refractivity contribution >= 4 is 131 Å². The standard InChI is InChI=1S/C49H32N2.C48H30N2.C36H24N2/c1-2-13-40-36(10-1)28-37-25-24-35(30-44(37)40)33-22-20-32(21-23-33)34-11-9-12-38(29-34)50-48-19-8-5-16-43(48)45-31-39(26-27-49(45)50)51-46-17-6-3-14-41(46)42-15-4-7-18-47(42)51;1-2-14-34-33(13-1)35-15-3-4-17-37(35)39-27-25-31(29-43(39)38-18-6-5-16-36(34)38)50-47-24-12-9-21-42(47)44-30-32(26-28-48(44)50)49-45-22-10-7-19-40(45)41-20-8-11-23-46(41)49;1-2-11-25(12-3-1)26-13-10-14-27(23-26)37-35-20-9-6-17-31(35)32-24-28(21-22-36(32)37)38-33-18-7-4-15-29(33)30-16-5-8-19-34(30)38/h1-27,29-31H,28H2;1-30H;1-24H. The summed E-state index contributed by atoms with van der Waals surface area (Å²) in [5.74, 6) is 0. The molecule has 2 aliphatic carbocycles. The summed E-state index contributed by atoms with van der Waals surface area (Å²) in [4.78, 5) is 0. The van der Waals surface area contributed by atoms with Crippen LogP contribution in [0.15, 0.2) is 510 Å². The zero-order valence-corrected chi connectivity index (χ0v) is 75.9. The van der Waals surface area contributed by atoms with Crippen LogP contribution in [0.5, 0.6) is 0 Å². The lowest BCUT2D eigenvalue weighted by atomic mass is 9.81. The highest BCUT2D eigenvalue weighted by Gasteiger charge is 2.27. The summed E-state index contributed by atoms with van der Waals surface area (Å²) in [6.45, 7) is 0. The van der Waals surface area contributed by atoms with Gasteiger partial charge in [0.1, 0.15) is 0 Å². The molecule has 22 aromatic carbocycles. The number of fused-ring (bicyclic) bond motifs is 29. The maximum atomic E-state index is 2.45. The van der Waals surface area contributed by atoms with Gasteiger partial charge in [-0.1, -0.05) is 358 Å². The zero-order valence-electron chi connectivity index (χ0n) is 75.9. The average molecular weight is 1770 g/mol. The summed E-state index contributed by atoms with van der Waals surface area (Å²) < 4.78 is 14.5. The molecule has 28 aromatic rings. The monoisotopic (exact) mass is 1770 g/mol. The Hall–Kier alpha value is -18.4. The van der Waals surface area contributed by atoms with Crippen molar-refractivity contribution < 1.29 is 0 Å². The second kappa shape index (κ2) is 32.2. The molecule has 6 heterocycles. The molecule has 0 amide bonds. The van der Waals surface area contributed by atoms with Crippen LogP contribution in [0.4, 0.5) is 0 Å². The van der Waals surface area contributed by atoms with Crippen molar-refractivity contribution in [1.29, 1.82) is 0 Å². The third-order valence-corrected chi connectivity index (χ3v) is 29.4. The van der Waals surface area contributed by atoms with E-state index in [-0.39, 0.29) is 0 Å². The van der Waals surface area contributed by atoms with Crippen molar-refractivity contribution in [2.45, 2.75) is 6.42 Å². The quantitative estimate of drug-likeness (QED) is 0.138. The number of nitrogens with zero attached hydrogens (tertiary/aromatic N) is 6. The molecule has 6 nitrogen and oxygen atoms in total. The van der Waals surface area contributed by atoms with E-state index in [1.165, 1.54) is 254 Å². The lowest BCUT2D eigenvalue weighted by Gasteiger charge is -2.24. The van der Waals surface area contributed by atoms with Gasteiger partial charge in [0.05, 0.1) is 66.2 Å². The van der Waals surface area contributed by atoms with E-state index in [4.69, 9.17) is 0 Å². The highest BCUT2D eigenvalue weighted by molar-refractivity contribution is 6.17. The van der Waals surface area contributed by atoms with Gasteiger partial charge in [0.25, 0.3) is 0 Å². The minimum atomic E-state index is 1.02. The molecule has 0 N–H and O–H groups in total. The topological polar surface area (TPSA) is 29.6 Å². The van der Waals surface area contributed by atoms with Gasteiger partial charge in [0.2, 0.25) is 0 Å². The van der Waals surface area contributed by atoms with Gasteiger partial charge < -0.3 is 27.4 Å². The van der Waals surface area contributed by atoms with E-state index in [2.05, 4.69) is 537 Å². The summed E-state index contributed by atoms with van der Waals surface area (Å²) in [6, 6.07) is 186. The number of rotatable bonds is 9. The second-order valence-electron chi connectivity index (χ2n) is 36.9. The molecular formula is C133H86N6. The highest BCUT2D eigenvalue weighted by atomic mass is 15.0. The van der Waals surface area contributed by atoms with Crippen molar-refractivity contribution in [3.8, 4) is 123 Å². The first-order chi connectivity index (χ1) is 69.0. The summed E-state index contributed by atoms with van der Waals surface area (Å²) >= 11 is 0. The molecule has 0 atom stereocenters. The molecule has 0 fully saturated rings. The lowest BCUT2D eigenvalue weighted by molar-refractivity contribution is 1.17. The minimum absolute atomic E-state index is 1.02. The van der Waals surface area contributed by atoms with Crippen LogP contribution in [0.1, 0.15) is 11.1 Å². The molecule has 139 heavy (non-hydrogen) atoms. The van der Waals surface area contributed by atoms with Gasteiger partial charge in [-0.3, -0.25) is 0 Å². The van der Waals surface area contributed by atoms with Crippen LogP contribution in [-0.4, -0.2) is 27.4 Å². The van der Waals surface area contributed by atoms with Crippen molar-refractivity contribution in [3.05, 3.63) is 521 Å². The molecule has 0 bridgehead atoms. The summed E-state index contributed by atoms with van der Waals surface area (Å²) in [6.07, 6.45) is 1.02. The summed E-state index contributed by atoms with van der Waals surface area (Å²) in [5, 5.41) is 15.2. The van der Waals surface area contributed by atoms with Gasteiger partial charge in [0.15, 0.2) is 0 Å². The van der Waals surface area contributed by atoms with Crippen molar-refractivity contribution in [2.24, 2.45) is 0 Å². The highest BCUT2D eigenvalue weighted by Crippen LogP contribution is 2.51. The largest absolute Gasteiger partial charge is 0.309 e. The van der Waals surface area contributed by atoms with Gasteiger partial charge in [-0.2, -0.15) is 0 Å². The van der Waals surface area contributed by atoms with Gasteiger partial charge in [-0.15, -0.1) is 0 Å². The van der Waals surface area contributed by atoms with Gasteiger partial charge in [-0.05, 0) is 258 Å². The Labute approximate surface area is 802 Å². The Kier molecular flexibility index (Phi) is 18.4. The predicted octanol–water partition coefficient (Wildman–Crippen LogP) is 35.2. The van der Waals surface area contributed by atoms with Crippen molar-refractivity contribution in [2.75, 3.05) is 0 Å². The molecule has 30 rings (SSSR count). The van der Waals surface area contributed by atoms with Crippen LogP contribution in [0.2, 0.25) is 0 Å². The van der Waals surface area contributed by atoms with Crippen LogP contribution < -0.4 is 0 Å². The number of para-hydroxylation sites is 9. The van der Waals surface area contributed by atoms with E-state index < -0.39 is 0 Å². The second-order valence-corrected chi connectivity index (χ2v) is 36.9. The Balaban J connectivity index is 0.000000104. The molecule has 6 aromatic heterocycles. The third kappa shape index (κ3) is 12.8. The molecule has 0 saturated carbocycles. The van der Waals surface area contributed by atoms with Crippen molar-refractivity contribution in [3.63, 3.8) is 0 Å². The molecule has 648 valence electrons. The third-order valence-electron chi connectivity index (χ3n) is 29.4. The lowest BCUT2D eigenvalue weighted by Crippen LogP contribution is -2.00. The van der Waals surface area contributed by atoms with Crippen molar-refractivity contribution in [1.82, 2.24) is 27.4 Å². The summed E-state index contributed by atoms with van der Waals surface area (Å²) in [7, 11) is 0. The smallest absolute Gasteiger partial charge is 0.0542 e. The fraction of sp³-hybridized carbons (Fsp3) is 0.00752. The first-order valence-electron chi connectivity index (χ1n) is 48.1. The van der Waals surface area contributed by atoms with Gasteiger partial charge in [0, 0.05) is 98.8 Å². The van der Waals surface area contributed by atoms with Crippen LogP contribution in [0.25, 0.3) is 254 Å². The van der Waals surface area contributed by atoms with E-state index in [1.54, 1.807) is 0 Å². The van der Waals surface area contributed by atoms with Crippen LogP contribution in [0, 0.1) is 0 Å². The fourth-order valence-corrected chi connectivity index (χ4v) is 23.2. The van der Waals surface area contributed by atoms with Gasteiger partial charge >= 0.3 is 0 Å². The summed E-state index contributed by atoms with van der Waals surface area (Å²) in [5.41, 5.74) is 44.6. The van der Waals surface area contributed by atoms with E-state index in [1.807, 2.05) is 0 Å². The van der Waals surface area contributed by atoms with E-state index in [0.29, 0.717) is 0 Å². The number of aromatic nitrogens is 6. The zero-order chi connectivity index (χ0) is 91.3. The normalized spacial score (nSPS) is 12.0. The Morgan fingerprint density at radius 1 is 0.108 bits per heavy atom. The molecule has 0 saturated heterocycles. The van der Waals surface area contributed by atoms with Crippen LogP contribution in [-0.2, 0) is 6.42 Å². The SMILES string of the molecule is c1cc(-c2ccc(-c3ccc4c(c3)-c3ccccc3C4)cc2)cc(-n2c3ccccc3c3cc(-n4c5ccccc5c5ccccc54)ccc32)c1.c1ccc(-c2cccc(-n3c4ccccc4c4cc(-n5c6ccccc6c6ccccc65)ccc43)c2)cc1.c1ccc2c(c1)-c1ccccc1-c1ccc(-n3c4ccccc4c4cc(-n5c6ccccc6c6ccccc65)ccc43)cc1-c1ccccc1-2. The first kappa shape index (κ1) is 79.2. The molecule has 0 unspecified atom stereocenters. The number of hydrogen-bond donors (Lipinski definition) is 0. The van der Waals surface area contributed by atoms with E-state index in [0.717, 1.165) is 17.8 Å². The maximum Gasteiger partial charge on any atom is 0.0542 e. The van der Waals surface area contributed by atoms with Crippen LogP contribution in [0.3, 0.4) is 0 Å².